The van der Waals surface area contributed by atoms with E-state index in [9.17, 15) is 4.79 Å². The van der Waals surface area contributed by atoms with Crippen molar-refractivity contribution >= 4 is 5.91 Å². The maximum absolute atomic E-state index is 12.1. The SMILES string of the molecule is CC(C)n1cc(C(=O)NCC[C@@H]2COc3ccccc3O2)cn1. The second kappa shape index (κ2) is 6.73. The third-order valence-electron chi connectivity index (χ3n) is 3.71. The van der Waals surface area contributed by atoms with Crippen molar-refractivity contribution in [3.8, 4) is 11.5 Å². The van der Waals surface area contributed by atoms with Gasteiger partial charge in [-0.15, -0.1) is 0 Å². The highest BCUT2D eigenvalue weighted by molar-refractivity contribution is 5.93. The van der Waals surface area contributed by atoms with Gasteiger partial charge in [-0.1, -0.05) is 12.1 Å². The summed E-state index contributed by atoms with van der Waals surface area (Å²) in [5, 5.41) is 7.07. The Bertz CT molecular complexity index is 681. The highest BCUT2D eigenvalue weighted by Gasteiger charge is 2.20. The van der Waals surface area contributed by atoms with Crippen molar-refractivity contribution in [1.82, 2.24) is 15.1 Å². The first kappa shape index (κ1) is 15.4. The van der Waals surface area contributed by atoms with Crippen LogP contribution in [-0.2, 0) is 0 Å². The van der Waals surface area contributed by atoms with Crippen LogP contribution in [0, 0.1) is 0 Å². The number of carbonyl (C=O) groups excluding carboxylic acids is 1. The van der Waals surface area contributed by atoms with E-state index < -0.39 is 0 Å². The lowest BCUT2D eigenvalue weighted by atomic mass is 10.2. The summed E-state index contributed by atoms with van der Waals surface area (Å²) in [6.07, 6.45) is 3.99. The highest BCUT2D eigenvalue weighted by atomic mass is 16.6. The molecular formula is C17H21N3O3. The molecule has 2 aromatic rings. The molecule has 1 aliphatic heterocycles. The van der Waals surface area contributed by atoms with Gasteiger partial charge in [0, 0.05) is 25.2 Å². The van der Waals surface area contributed by atoms with Crippen LogP contribution in [0.1, 0.15) is 36.7 Å². The van der Waals surface area contributed by atoms with Crippen LogP contribution in [0.2, 0.25) is 0 Å². The quantitative estimate of drug-likeness (QED) is 0.920. The lowest BCUT2D eigenvalue weighted by Gasteiger charge is -2.26. The maximum atomic E-state index is 12.1. The number of rotatable bonds is 5. The number of aromatic nitrogens is 2. The lowest BCUT2D eigenvalue weighted by Crippen LogP contribution is -2.34. The zero-order valence-corrected chi connectivity index (χ0v) is 13.4. The van der Waals surface area contributed by atoms with Gasteiger partial charge in [-0.2, -0.15) is 5.10 Å². The number of hydrogen-bond donors (Lipinski definition) is 1. The third kappa shape index (κ3) is 3.64. The number of para-hydroxylation sites is 2. The van der Waals surface area contributed by atoms with E-state index in [1.165, 1.54) is 0 Å². The number of amides is 1. The standard InChI is InChI=1S/C17H21N3O3/c1-12(2)20-10-13(9-19-20)17(21)18-8-7-14-11-22-15-5-3-4-6-16(15)23-14/h3-6,9-10,12,14H,7-8,11H2,1-2H3,(H,18,21)/t14-/m1/s1. The lowest BCUT2D eigenvalue weighted by molar-refractivity contribution is 0.0813. The predicted molar refractivity (Wildman–Crippen MR) is 85.9 cm³/mol. The Morgan fingerprint density at radius 3 is 2.91 bits per heavy atom. The molecule has 0 bridgehead atoms. The first-order chi connectivity index (χ1) is 11.1. The van der Waals surface area contributed by atoms with Gasteiger partial charge in [-0.3, -0.25) is 9.48 Å². The molecule has 6 nitrogen and oxygen atoms in total. The average Bonchev–Trinajstić information content (AvgIpc) is 3.05. The topological polar surface area (TPSA) is 65.4 Å². The fraction of sp³-hybridized carbons (Fsp3) is 0.412. The summed E-state index contributed by atoms with van der Waals surface area (Å²) in [4.78, 5) is 12.1. The highest BCUT2D eigenvalue weighted by Crippen LogP contribution is 2.31. The summed E-state index contributed by atoms with van der Waals surface area (Å²) in [6.45, 7) is 5.07. The average molecular weight is 315 g/mol. The molecule has 1 aromatic carbocycles. The fourth-order valence-electron chi connectivity index (χ4n) is 2.39. The van der Waals surface area contributed by atoms with Gasteiger partial charge in [0.2, 0.25) is 0 Å². The van der Waals surface area contributed by atoms with Crippen LogP contribution >= 0.6 is 0 Å². The van der Waals surface area contributed by atoms with Gasteiger partial charge in [0.25, 0.3) is 5.91 Å². The smallest absolute Gasteiger partial charge is 0.254 e. The molecule has 1 amide bonds. The number of hydrogen-bond acceptors (Lipinski definition) is 4. The van der Waals surface area contributed by atoms with Gasteiger partial charge in [0.1, 0.15) is 12.7 Å². The van der Waals surface area contributed by atoms with Crippen molar-refractivity contribution in [1.29, 1.82) is 0 Å². The molecule has 0 saturated heterocycles. The van der Waals surface area contributed by atoms with Crippen LogP contribution in [0.5, 0.6) is 11.5 Å². The number of fused-ring (bicyclic) bond motifs is 1. The Kier molecular flexibility index (Phi) is 4.50. The van der Waals surface area contributed by atoms with Gasteiger partial charge in [0.05, 0.1) is 11.8 Å². The summed E-state index contributed by atoms with van der Waals surface area (Å²) in [6, 6.07) is 7.85. The van der Waals surface area contributed by atoms with Crippen molar-refractivity contribution in [3.05, 3.63) is 42.2 Å². The van der Waals surface area contributed by atoms with Crippen molar-refractivity contribution < 1.29 is 14.3 Å². The van der Waals surface area contributed by atoms with E-state index in [1.54, 1.807) is 17.1 Å². The molecule has 1 N–H and O–H groups in total. The van der Waals surface area contributed by atoms with Crippen molar-refractivity contribution in [2.75, 3.05) is 13.2 Å². The van der Waals surface area contributed by atoms with Gasteiger partial charge in [0.15, 0.2) is 11.5 Å². The zero-order chi connectivity index (χ0) is 16.2. The van der Waals surface area contributed by atoms with Crippen molar-refractivity contribution in [2.45, 2.75) is 32.4 Å². The van der Waals surface area contributed by atoms with E-state index in [0.29, 0.717) is 25.1 Å². The van der Waals surface area contributed by atoms with Gasteiger partial charge >= 0.3 is 0 Å². The monoisotopic (exact) mass is 315 g/mol. The van der Waals surface area contributed by atoms with Crippen LogP contribution in [0.15, 0.2) is 36.7 Å². The molecule has 23 heavy (non-hydrogen) atoms. The molecular weight excluding hydrogens is 294 g/mol. The molecule has 1 aliphatic rings. The molecule has 0 saturated carbocycles. The minimum absolute atomic E-state index is 0.0522. The number of nitrogens with zero attached hydrogens (tertiary/aromatic N) is 2. The summed E-state index contributed by atoms with van der Waals surface area (Å²) < 4.78 is 13.3. The molecule has 1 atom stereocenters. The Labute approximate surface area is 135 Å². The van der Waals surface area contributed by atoms with Crippen LogP contribution in [-0.4, -0.2) is 34.9 Å². The molecule has 0 unspecified atom stereocenters. The Morgan fingerprint density at radius 2 is 2.17 bits per heavy atom. The van der Waals surface area contributed by atoms with Crippen LogP contribution < -0.4 is 14.8 Å². The van der Waals surface area contributed by atoms with E-state index in [1.807, 2.05) is 38.1 Å². The molecule has 3 rings (SSSR count). The molecule has 0 aliphatic carbocycles. The van der Waals surface area contributed by atoms with E-state index in [0.717, 1.165) is 11.5 Å². The van der Waals surface area contributed by atoms with Gasteiger partial charge in [-0.05, 0) is 26.0 Å². The minimum Gasteiger partial charge on any atom is -0.486 e. The number of carbonyl (C=O) groups is 1. The van der Waals surface area contributed by atoms with E-state index in [4.69, 9.17) is 9.47 Å². The van der Waals surface area contributed by atoms with Crippen molar-refractivity contribution in [2.24, 2.45) is 0 Å². The third-order valence-corrected chi connectivity index (χ3v) is 3.71. The van der Waals surface area contributed by atoms with Crippen molar-refractivity contribution in [3.63, 3.8) is 0 Å². The van der Waals surface area contributed by atoms with Gasteiger partial charge in [-0.25, -0.2) is 0 Å². The molecule has 122 valence electrons. The number of benzene rings is 1. The molecule has 2 heterocycles. The minimum atomic E-state index is -0.117. The predicted octanol–water partition coefficient (Wildman–Crippen LogP) is 2.42. The van der Waals surface area contributed by atoms with E-state index >= 15 is 0 Å². The van der Waals surface area contributed by atoms with Gasteiger partial charge < -0.3 is 14.8 Å². The summed E-state index contributed by atoms with van der Waals surface area (Å²) in [7, 11) is 0. The Hall–Kier alpha value is -2.50. The molecule has 1 aromatic heterocycles. The maximum Gasteiger partial charge on any atom is 0.254 e. The molecule has 0 fully saturated rings. The largest absolute Gasteiger partial charge is 0.486 e. The van der Waals surface area contributed by atoms with Crippen LogP contribution in [0.4, 0.5) is 0 Å². The summed E-state index contributed by atoms with van der Waals surface area (Å²) >= 11 is 0. The normalized spacial score (nSPS) is 16.4. The van der Waals surface area contributed by atoms with E-state index in [2.05, 4.69) is 10.4 Å². The molecule has 0 radical (unpaired) electrons. The second-order valence-electron chi connectivity index (χ2n) is 5.84. The fourth-order valence-corrected chi connectivity index (χ4v) is 2.39. The Balaban J connectivity index is 1.47. The summed E-state index contributed by atoms with van der Waals surface area (Å²) in [5.74, 6) is 1.41. The number of nitrogens with one attached hydrogen (secondary N) is 1. The second-order valence-corrected chi connectivity index (χ2v) is 5.84. The summed E-state index contributed by atoms with van der Waals surface area (Å²) in [5.41, 5.74) is 0.574. The first-order valence-electron chi connectivity index (χ1n) is 7.84. The van der Waals surface area contributed by atoms with Crippen LogP contribution in [0.3, 0.4) is 0 Å². The first-order valence-corrected chi connectivity index (χ1v) is 7.84. The molecule has 0 spiro atoms. The zero-order valence-electron chi connectivity index (χ0n) is 13.4. The number of ether oxygens (including phenoxy) is 2. The van der Waals surface area contributed by atoms with E-state index in [-0.39, 0.29) is 18.1 Å². The Morgan fingerprint density at radius 1 is 1.39 bits per heavy atom. The molecule has 6 heteroatoms. The van der Waals surface area contributed by atoms with Crippen LogP contribution in [0.25, 0.3) is 0 Å².